The summed E-state index contributed by atoms with van der Waals surface area (Å²) in [5.41, 5.74) is -0.0236. The maximum Gasteiger partial charge on any atom is 0.269 e. The first-order valence-electron chi connectivity index (χ1n) is 6.65. The van der Waals surface area contributed by atoms with Gasteiger partial charge < -0.3 is 10.1 Å². The summed E-state index contributed by atoms with van der Waals surface area (Å²) in [6.45, 7) is 1.56. The molecule has 1 fully saturated rings. The summed E-state index contributed by atoms with van der Waals surface area (Å²) in [5.74, 6) is 0.507. The van der Waals surface area contributed by atoms with Gasteiger partial charge >= 0.3 is 0 Å². The van der Waals surface area contributed by atoms with E-state index in [2.05, 4.69) is 5.32 Å². The molecular weight excluding hydrogens is 296 g/mol. The Balaban J connectivity index is 2.11. The molecule has 7 nitrogen and oxygen atoms in total. The topological polar surface area (TPSA) is 98.5 Å². The fourth-order valence-corrected chi connectivity index (χ4v) is 3.32. The standard InChI is InChI=1S/C13H18N2O5S/c1-21(18,19)9-13(10-6-7-14-8-10)20-12-4-2-11(3-5-12)15(16)17/h2-5,10,13-14H,6-9H2,1H3/t10-,13-/m1/s1. The van der Waals surface area contributed by atoms with E-state index < -0.39 is 20.9 Å². The van der Waals surface area contributed by atoms with Crippen LogP contribution in [0.2, 0.25) is 0 Å². The number of sulfone groups is 1. The van der Waals surface area contributed by atoms with Crippen LogP contribution in [-0.2, 0) is 9.84 Å². The van der Waals surface area contributed by atoms with Gasteiger partial charge in [-0.1, -0.05) is 0 Å². The van der Waals surface area contributed by atoms with Gasteiger partial charge in [-0.3, -0.25) is 10.1 Å². The van der Waals surface area contributed by atoms with E-state index in [-0.39, 0.29) is 17.4 Å². The molecule has 0 amide bonds. The van der Waals surface area contributed by atoms with Gasteiger partial charge in [-0.2, -0.15) is 0 Å². The Bertz CT molecular complexity index is 593. The molecule has 0 unspecified atom stereocenters. The van der Waals surface area contributed by atoms with E-state index in [1.54, 1.807) is 0 Å². The van der Waals surface area contributed by atoms with E-state index >= 15 is 0 Å². The Labute approximate surface area is 123 Å². The highest BCUT2D eigenvalue weighted by Gasteiger charge is 2.29. The number of nitro groups is 1. The van der Waals surface area contributed by atoms with Gasteiger partial charge in [0.25, 0.3) is 5.69 Å². The van der Waals surface area contributed by atoms with Crippen molar-refractivity contribution in [3.63, 3.8) is 0 Å². The number of nitrogens with zero attached hydrogens (tertiary/aromatic N) is 1. The summed E-state index contributed by atoms with van der Waals surface area (Å²) in [6, 6.07) is 5.69. The summed E-state index contributed by atoms with van der Waals surface area (Å²) in [6.07, 6.45) is 1.59. The fourth-order valence-electron chi connectivity index (χ4n) is 2.38. The summed E-state index contributed by atoms with van der Waals surface area (Å²) in [7, 11) is -3.16. The van der Waals surface area contributed by atoms with Gasteiger partial charge in [-0.05, 0) is 25.1 Å². The van der Waals surface area contributed by atoms with E-state index in [9.17, 15) is 18.5 Å². The Morgan fingerprint density at radius 2 is 2.10 bits per heavy atom. The molecular formula is C13H18N2O5S. The number of nitrogens with one attached hydrogen (secondary N) is 1. The van der Waals surface area contributed by atoms with Crippen molar-refractivity contribution in [1.82, 2.24) is 5.32 Å². The average molecular weight is 314 g/mol. The summed E-state index contributed by atoms with van der Waals surface area (Å²) < 4.78 is 28.9. The van der Waals surface area contributed by atoms with Crippen molar-refractivity contribution in [2.24, 2.45) is 5.92 Å². The van der Waals surface area contributed by atoms with Crippen LogP contribution < -0.4 is 10.1 Å². The molecule has 0 bridgehead atoms. The summed E-state index contributed by atoms with van der Waals surface area (Å²) in [4.78, 5) is 10.1. The molecule has 0 spiro atoms. The fraction of sp³-hybridized carbons (Fsp3) is 0.538. The number of hydrogen-bond donors (Lipinski definition) is 1. The van der Waals surface area contributed by atoms with Gasteiger partial charge in [0.2, 0.25) is 0 Å². The predicted molar refractivity (Wildman–Crippen MR) is 78.2 cm³/mol. The minimum Gasteiger partial charge on any atom is -0.489 e. The number of benzene rings is 1. The van der Waals surface area contributed by atoms with Crippen molar-refractivity contribution < 1.29 is 18.1 Å². The molecule has 1 saturated heterocycles. The molecule has 116 valence electrons. The largest absolute Gasteiger partial charge is 0.489 e. The van der Waals surface area contributed by atoms with Crippen molar-refractivity contribution in [3.05, 3.63) is 34.4 Å². The number of non-ortho nitro benzene ring substituents is 1. The maximum absolute atomic E-state index is 11.5. The van der Waals surface area contributed by atoms with E-state index in [1.807, 2.05) is 0 Å². The minimum absolute atomic E-state index is 0.0236. The van der Waals surface area contributed by atoms with Gasteiger partial charge in [0, 0.05) is 30.9 Å². The molecule has 8 heteroatoms. The summed E-state index contributed by atoms with van der Waals surface area (Å²) in [5, 5.41) is 13.8. The van der Waals surface area contributed by atoms with Crippen LogP contribution in [0.4, 0.5) is 5.69 Å². The molecule has 1 heterocycles. The molecule has 1 N–H and O–H groups in total. The van der Waals surface area contributed by atoms with Crippen LogP contribution in [0.1, 0.15) is 6.42 Å². The van der Waals surface area contributed by atoms with Crippen LogP contribution in [-0.4, -0.2) is 44.5 Å². The second kappa shape index (κ2) is 6.40. The van der Waals surface area contributed by atoms with Crippen molar-refractivity contribution >= 4 is 15.5 Å². The van der Waals surface area contributed by atoms with E-state index in [0.717, 1.165) is 13.0 Å². The Morgan fingerprint density at radius 1 is 1.43 bits per heavy atom. The van der Waals surface area contributed by atoms with Crippen molar-refractivity contribution in [2.45, 2.75) is 12.5 Å². The zero-order valence-electron chi connectivity index (χ0n) is 11.7. The molecule has 0 aliphatic carbocycles. The molecule has 0 radical (unpaired) electrons. The third-order valence-corrected chi connectivity index (χ3v) is 4.36. The lowest BCUT2D eigenvalue weighted by Gasteiger charge is -2.23. The lowest BCUT2D eigenvalue weighted by atomic mass is 10.0. The monoisotopic (exact) mass is 314 g/mol. The molecule has 1 aliphatic rings. The third kappa shape index (κ3) is 4.68. The van der Waals surface area contributed by atoms with Crippen LogP contribution in [0.3, 0.4) is 0 Å². The third-order valence-electron chi connectivity index (χ3n) is 3.43. The molecule has 2 rings (SSSR count). The minimum atomic E-state index is -3.16. The Hall–Kier alpha value is -1.67. The lowest BCUT2D eigenvalue weighted by molar-refractivity contribution is -0.384. The van der Waals surface area contributed by atoms with Crippen molar-refractivity contribution in [3.8, 4) is 5.75 Å². The average Bonchev–Trinajstić information content (AvgIpc) is 2.91. The molecule has 1 aliphatic heterocycles. The molecule has 1 aromatic carbocycles. The van der Waals surface area contributed by atoms with Crippen LogP contribution in [0.15, 0.2) is 24.3 Å². The van der Waals surface area contributed by atoms with Gasteiger partial charge in [-0.15, -0.1) is 0 Å². The quantitative estimate of drug-likeness (QED) is 0.621. The molecule has 21 heavy (non-hydrogen) atoms. The Morgan fingerprint density at radius 3 is 2.57 bits per heavy atom. The smallest absolute Gasteiger partial charge is 0.269 e. The van der Waals surface area contributed by atoms with Crippen LogP contribution >= 0.6 is 0 Å². The second-order valence-electron chi connectivity index (χ2n) is 5.25. The number of ether oxygens (including phenoxy) is 1. The molecule has 1 aromatic rings. The number of hydrogen-bond acceptors (Lipinski definition) is 6. The van der Waals surface area contributed by atoms with Crippen LogP contribution in [0.5, 0.6) is 5.75 Å². The summed E-state index contributed by atoms with van der Waals surface area (Å²) >= 11 is 0. The van der Waals surface area contributed by atoms with Gasteiger partial charge in [0.05, 0.1) is 10.7 Å². The van der Waals surface area contributed by atoms with Gasteiger partial charge in [-0.25, -0.2) is 8.42 Å². The first-order valence-corrected chi connectivity index (χ1v) is 8.71. The zero-order valence-corrected chi connectivity index (χ0v) is 12.5. The first kappa shape index (κ1) is 15.7. The second-order valence-corrected chi connectivity index (χ2v) is 7.44. The highest BCUT2D eigenvalue weighted by molar-refractivity contribution is 7.90. The van der Waals surface area contributed by atoms with E-state index in [4.69, 9.17) is 4.74 Å². The highest BCUT2D eigenvalue weighted by atomic mass is 32.2. The highest BCUT2D eigenvalue weighted by Crippen LogP contribution is 2.23. The maximum atomic E-state index is 11.5. The normalized spacial score (nSPS) is 20.1. The van der Waals surface area contributed by atoms with E-state index in [1.165, 1.54) is 30.5 Å². The SMILES string of the molecule is CS(=O)(=O)C[C@@H](Oc1ccc([N+](=O)[O-])cc1)[C@@H]1CCNC1. The van der Waals surface area contributed by atoms with Crippen LogP contribution in [0.25, 0.3) is 0 Å². The molecule has 0 aromatic heterocycles. The zero-order chi connectivity index (χ0) is 15.5. The predicted octanol–water partition coefficient (Wildman–Crippen LogP) is 0.996. The van der Waals surface area contributed by atoms with Crippen molar-refractivity contribution in [2.75, 3.05) is 25.1 Å². The van der Waals surface area contributed by atoms with Crippen molar-refractivity contribution in [1.29, 1.82) is 0 Å². The van der Waals surface area contributed by atoms with Crippen LogP contribution in [0, 0.1) is 16.0 Å². The van der Waals surface area contributed by atoms with E-state index in [0.29, 0.717) is 12.3 Å². The number of rotatable bonds is 6. The van der Waals surface area contributed by atoms with Gasteiger partial charge in [0.15, 0.2) is 9.84 Å². The first-order chi connectivity index (χ1) is 9.85. The lowest BCUT2D eigenvalue weighted by Crippen LogP contribution is -2.35. The molecule has 2 atom stereocenters. The Kier molecular flexibility index (Phi) is 4.79. The van der Waals surface area contributed by atoms with Gasteiger partial charge in [0.1, 0.15) is 11.9 Å². The molecule has 0 saturated carbocycles. The number of nitro benzene ring substituents is 1.